The van der Waals surface area contributed by atoms with Crippen LogP contribution in [0, 0.1) is 5.82 Å². The van der Waals surface area contributed by atoms with Gasteiger partial charge in [0.25, 0.3) is 0 Å². The Kier molecular flexibility index (Phi) is 6.14. The molecule has 0 radical (unpaired) electrons. The molecule has 2 aliphatic rings. The van der Waals surface area contributed by atoms with E-state index in [2.05, 4.69) is 4.90 Å². The molecule has 0 bridgehead atoms. The third-order valence-corrected chi connectivity index (χ3v) is 6.49. The third kappa shape index (κ3) is 4.24. The van der Waals surface area contributed by atoms with Crippen LogP contribution in [0.5, 0.6) is 0 Å². The SMILES string of the molecule is O=C1C(=O)N(CN2CCN(Cc3c(F)cccc3Cl)CC2)C(=O)N1Cc1cccs1. The maximum atomic E-state index is 14.0. The molecule has 0 N–H and O–H groups in total. The van der Waals surface area contributed by atoms with Crippen molar-refractivity contribution in [3.8, 4) is 0 Å². The van der Waals surface area contributed by atoms with Gasteiger partial charge in [-0.2, -0.15) is 0 Å². The van der Waals surface area contributed by atoms with Crippen molar-refractivity contribution in [2.75, 3.05) is 32.8 Å². The van der Waals surface area contributed by atoms with E-state index in [1.54, 1.807) is 12.1 Å². The van der Waals surface area contributed by atoms with Crippen LogP contribution in [0.1, 0.15) is 10.4 Å². The summed E-state index contributed by atoms with van der Waals surface area (Å²) in [6.07, 6.45) is 0. The minimum absolute atomic E-state index is 0.0681. The first-order valence-corrected chi connectivity index (χ1v) is 10.8. The molecule has 4 amide bonds. The molecule has 0 spiro atoms. The Morgan fingerprint density at radius 2 is 1.60 bits per heavy atom. The highest BCUT2D eigenvalue weighted by atomic mass is 35.5. The highest BCUT2D eigenvalue weighted by molar-refractivity contribution is 7.09. The maximum Gasteiger partial charge on any atom is 0.335 e. The number of piperazine rings is 1. The first-order valence-electron chi connectivity index (χ1n) is 9.51. The molecule has 0 saturated carbocycles. The normalized spacial score (nSPS) is 18.7. The van der Waals surface area contributed by atoms with E-state index in [9.17, 15) is 18.8 Å². The first kappa shape index (κ1) is 20.9. The number of benzene rings is 1. The highest BCUT2D eigenvalue weighted by Gasteiger charge is 2.45. The Morgan fingerprint density at radius 1 is 0.900 bits per heavy atom. The lowest BCUT2D eigenvalue weighted by molar-refractivity contribution is -0.144. The van der Waals surface area contributed by atoms with E-state index in [0.29, 0.717) is 43.3 Å². The van der Waals surface area contributed by atoms with E-state index in [4.69, 9.17) is 11.6 Å². The fourth-order valence-electron chi connectivity index (χ4n) is 3.57. The summed E-state index contributed by atoms with van der Waals surface area (Å²) in [5, 5.41) is 2.25. The van der Waals surface area contributed by atoms with E-state index in [-0.39, 0.29) is 19.0 Å². The third-order valence-electron chi connectivity index (χ3n) is 5.28. The number of hydrogen-bond donors (Lipinski definition) is 0. The standard InChI is InChI=1S/C20H20ClFN4O3S/c21-16-4-1-5-17(22)15(16)12-23-6-8-24(9-7-23)13-26-19(28)18(27)25(20(26)29)11-14-3-2-10-30-14/h1-5,10H,6-9,11-13H2. The van der Waals surface area contributed by atoms with Gasteiger partial charge in [-0.3, -0.25) is 24.3 Å². The number of hydrogen-bond acceptors (Lipinski definition) is 6. The molecule has 1 aromatic carbocycles. The molecule has 2 fully saturated rings. The van der Waals surface area contributed by atoms with Crippen molar-refractivity contribution in [2.45, 2.75) is 13.1 Å². The van der Waals surface area contributed by atoms with Gasteiger partial charge in [0.1, 0.15) is 5.82 Å². The van der Waals surface area contributed by atoms with E-state index in [1.165, 1.54) is 17.4 Å². The Morgan fingerprint density at radius 3 is 2.27 bits per heavy atom. The molecule has 3 heterocycles. The molecule has 2 saturated heterocycles. The Labute approximate surface area is 182 Å². The zero-order valence-corrected chi connectivity index (χ0v) is 17.7. The number of carbonyl (C=O) groups is 3. The minimum Gasteiger partial charge on any atom is -0.296 e. The van der Waals surface area contributed by atoms with Crippen molar-refractivity contribution >= 4 is 40.8 Å². The second-order valence-electron chi connectivity index (χ2n) is 7.22. The summed E-state index contributed by atoms with van der Waals surface area (Å²) in [6, 6.07) is 7.70. The molecule has 0 atom stereocenters. The molecule has 158 valence electrons. The minimum atomic E-state index is -0.794. The smallest absolute Gasteiger partial charge is 0.296 e. The average Bonchev–Trinajstić information content (AvgIpc) is 3.31. The van der Waals surface area contributed by atoms with E-state index in [1.807, 2.05) is 22.4 Å². The lowest BCUT2D eigenvalue weighted by Gasteiger charge is -2.36. The first-order chi connectivity index (χ1) is 14.4. The summed E-state index contributed by atoms with van der Waals surface area (Å²) in [4.78, 5) is 44.1. The fourth-order valence-corrected chi connectivity index (χ4v) is 4.48. The predicted octanol–water partition coefficient (Wildman–Crippen LogP) is 2.61. The highest BCUT2D eigenvalue weighted by Crippen LogP contribution is 2.22. The van der Waals surface area contributed by atoms with Crippen LogP contribution >= 0.6 is 22.9 Å². The summed E-state index contributed by atoms with van der Waals surface area (Å²) in [5.74, 6) is -1.92. The fraction of sp³-hybridized carbons (Fsp3) is 0.350. The van der Waals surface area contributed by atoms with Gasteiger partial charge in [-0.25, -0.2) is 14.1 Å². The van der Waals surface area contributed by atoms with Gasteiger partial charge in [0.2, 0.25) is 0 Å². The van der Waals surface area contributed by atoms with Gasteiger partial charge >= 0.3 is 17.8 Å². The van der Waals surface area contributed by atoms with Crippen LogP contribution in [0.3, 0.4) is 0 Å². The monoisotopic (exact) mass is 450 g/mol. The molecule has 30 heavy (non-hydrogen) atoms. The largest absolute Gasteiger partial charge is 0.335 e. The quantitative estimate of drug-likeness (QED) is 0.500. The lowest BCUT2D eigenvalue weighted by atomic mass is 10.2. The van der Waals surface area contributed by atoms with Gasteiger partial charge in [-0.15, -0.1) is 11.3 Å². The summed E-state index contributed by atoms with van der Waals surface area (Å²) in [5.41, 5.74) is 0.465. The Bertz CT molecular complexity index is 943. The van der Waals surface area contributed by atoms with E-state index < -0.39 is 17.8 Å². The number of carbonyl (C=O) groups excluding carboxylic acids is 3. The molecule has 0 unspecified atom stereocenters. The van der Waals surface area contributed by atoms with Crippen LogP contribution in [-0.2, 0) is 22.7 Å². The van der Waals surface area contributed by atoms with Crippen molar-refractivity contribution in [3.63, 3.8) is 0 Å². The molecule has 0 aliphatic carbocycles. The van der Waals surface area contributed by atoms with E-state index >= 15 is 0 Å². The number of rotatable bonds is 6. The number of halogens is 2. The maximum absolute atomic E-state index is 14.0. The van der Waals surface area contributed by atoms with Crippen LogP contribution < -0.4 is 0 Å². The molecule has 7 nitrogen and oxygen atoms in total. The molecule has 1 aromatic heterocycles. The zero-order chi connectivity index (χ0) is 21.3. The summed E-state index contributed by atoms with van der Waals surface area (Å²) >= 11 is 7.53. The van der Waals surface area contributed by atoms with E-state index in [0.717, 1.165) is 14.7 Å². The predicted molar refractivity (Wildman–Crippen MR) is 110 cm³/mol. The molecule has 4 rings (SSSR count). The van der Waals surface area contributed by atoms with Crippen LogP contribution in [0.15, 0.2) is 35.7 Å². The second-order valence-corrected chi connectivity index (χ2v) is 8.66. The summed E-state index contributed by atoms with van der Waals surface area (Å²) in [7, 11) is 0. The summed E-state index contributed by atoms with van der Waals surface area (Å²) < 4.78 is 14.0. The van der Waals surface area contributed by atoms with Gasteiger partial charge in [0.05, 0.1) is 13.2 Å². The molecule has 2 aromatic rings. The van der Waals surface area contributed by atoms with Crippen molar-refractivity contribution < 1.29 is 18.8 Å². The van der Waals surface area contributed by atoms with Gasteiger partial charge in [-0.05, 0) is 23.6 Å². The second kappa shape index (κ2) is 8.81. The molecular weight excluding hydrogens is 431 g/mol. The number of thiophene rings is 1. The number of urea groups is 1. The van der Waals surface area contributed by atoms with Gasteiger partial charge in [-0.1, -0.05) is 23.7 Å². The topological polar surface area (TPSA) is 64.2 Å². The number of imide groups is 2. The van der Waals surface area contributed by atoms with Crippen molar-refractivity contribution in [1.29, 1.82) is 0 Å². The van der Waals surface area contributed by atoms with Crippen molar-refractivity contribution in [2.24, 2.45) is 0 Å². The van der Waals surface area contributed by atoms with Crippen LogP contribution in [-0.4, -0.2) is 70.3 Å². The van der Waals surface area contributed by atoms with Crippen LogP contribution in [0.2, 0.25) is 5.02 Å². The Hall–Kier alpha value is -2.33. The Balaban J connectivity index is 1.33. The lowest BCUT2D eigenvalue weighted by Crippen LogP contribution is -2.51. The van der Waals surface area contributed by atoms with Crippen molar-refractivity contribution in [1.82, 2.24) is 19.6 Å². The van der Waals surface area contributed by atoms with Gasteiger partial charge < -0.3 is 0 Å². The molecular formula is C20H20ClFN4O3S. The number of amides is 4. The van der Waals surface area contributed by atoms with Crippen LogP contribution in [0.25, 0.3) is 0 Å². The number of nitrogens with zero attached hydrogens (tertiary/aromatic N) is 4. The van der Waals surface area contributed by atoms with Crippen molar-refractivity contribution in [3.05, 3.63) is 57.0 Å². The molecule has 2 aliphatic heterocycles. The summed E-state index contributed by atoms with van der Waals surface area (Å²) in [6.45, 7) is 3.01. The van der Waals surface area contributed by atoms with Crippen LogP contribution in [0.4, 0.5) is 9.18 Å². The molecule has 10 heteroatoms. The zero-order valence-electron chi connectivity index (χ0n) is 16.1. The van der Waals surface area contributed by atoms with Gasteiger partial charge in [0, 0.05) is 48.2 Å². The van der Waals surface area contributed by atoms with Gasteiger partial charge in [0.15, 0.2) is 0 Å². The average molecular weight is 451 g/mol.